The van der Waals surface area contributed by atoms with Crippen molar-refractivity contribution in [1.29, 1.82) is 0 Å². The van der Waals surface area contributed by atoms with Crippen molar-refractivity contribution in [1.82, 2.24) is 9.21 Å². The number of carbonyl (C=O) groups excluding carboxylic acids is 2. The molecule has 1 aromatic rings. The molecule has 0 unspecified atom stereocenters. The Labute approximate surface area is 161 Å². The van der Waals surface area contributed by atoms with Crippen molar-refractivity contribution in [2.75, 3.05) is 31.1 Å². The van der Waals surface area contributed by atoms with E-state index in [1.807, 2.05) is 0 Å². The van der Waals surface area contributed by atoms with Gasteiger partial charge in [-0.1, -0.05) is 13.8 Å². The Morgan fingerprint density at radius 2 is 1.78 bits per heavy atom. The van der Waals surface area contributed by atoms with Crippen molar-refractivity contribution < 1.29 is 18.0 Å². The summed E-state index contributed by atoms with van der Waals surface area (Å²) in [5.41, 5.74) is 1.37. The Bertz CT molecular complexity index is 843. The Morgan fingerprint density at radius 3 is 2.33 bits per heavy atom. The van der Waals surface area contributed by atoms with Crippen LogP contribution in [-0.2, 0) is 26.0 Å². The Kier molecular flexibility index (Phi) is 5.58. The van der Waals surface area contributed by atoms with Gasteiger partial charge in [0.2, 0.25) is 21.8 Å². The summed E-state index contributed by atoms with van der Waals surface area (Å²) in [5, 5.41) is 0. The molecule has 0 radical (unpaired) electrons. The first-order chi connectivity index (χ1) is 12.8. The first kappa shape index (κ1) is 19.8. The number of fused-ring (bicyclic) bond motifs is 1. The molecule has 2 heterocycles. The van der Waals surface area contributed by atoms with E-state index in [9.17, 15) is 18.0 Å². The summed E-state index contributed by atoms with van der Waals surface area (Å²) in [6.45, 7) is 7.28. The molecule has 0 N–H and O–H groups in total. The zero-order chi connectivity index (χ0) is 19.8. The molecule has 1 fully saturated rings. The molecule has 27 heavy (non-hydrogen) atoms. The average molecular weight is 394 g/mol. The fourth-order valence-corrected chi connectivity index (χ4v) is 5.55. The molecule has 8 heteroatoms. The van der Waals surface area contributed by atoms with Gasteiger partial charge in [0.05, 0.1) is 4.90 Å². The minimum atomic E-state index is -3.58. The van der Waals surface area contributed by atoms with Crippen LogP contribution in [0.3, 0.4) is 0 Å². The van der Waals surface area contributed by atoms with E-state index in [2.05, 4.69) is 0 Å². The van der Waals surface area contributed by atoms with E-state index < -0.39 is 16.1 Å². The summed E-state index contributed by atoms with van der Waals surface area (Å²) in [6, 6.07) is 4.23. The first-order valence-corrected chi connectivity index (χ1v) is 11.0. The van der Waals surface area contributed by atoms with E-state index in [1.54, 1.807) is 30.9 Å². The van der Waals surface area contributed by atoms with Gasteiger partial charge in [-0.3, -0.25) is 14.5 Å². The van der Waals surface area contributed by atoms with Gasteiger partial charge in [0.15, 0.2) is 0 Å². The second-order valence-corrected chi connectivity index (χ2v) is 8.96. The van der Waals surface area contributed by atoms with E-state index >= 15 is 0 Å². The van der Waals surface area contributed by atoms with Gasteiger partial charge in [-0.25, -0.2) is 8.42 Å². The molecule has 2 aliphatic heterocycles. The lowest BCUT2D eigenvalue weighted by atomic mass is 10.1. The molecule has 2 amide bonds. The van der Waals surface area contributed by atoms with Crippen LogP contribution in [0.15, 0.2) is 23.1 Å². The molecule has 0 aliphatic carbocycles. The number of anilines is 1. The lowest BCUT2D eigenvalue weighted by Crippen LogP contribution is -2.48. The molecule has 148 valence electrons. The maximum atomic E-state index is 12.9. The lowest BCUT2D eigenvalue weighted by molar-refractivity contribution is -0.133. The summed E-state index contributed by atoms with van der Waals surface area (Å²) >= 11 is 0. The molecule has 1 aromatic carbocycles. The Balaban J connectivity index is 1.96. The smallest absolute Gasteiger partial charge is 0.246 e. The molecular weight excluding hydrogens is 366 g/mol. The van der Waals surface area contributed by atoms with Crippen LogP contribution in [0, 0.1) is 0 Å². The third-order valence-corrected chi connectivity index (χ3v) is 7.47. The molecule has 0 saturated carbocycles. The van der Waals surface area contributed by atoms with E-state index in [0.717, 1.165) is 31.5 Å². The highest BCUT2D eigenvalue weighted by molar-refractivity contribution is 7.89. The van der Waals surface area contributed by atoms with Crippen LogP contribution in [0.5, 0.6) is 0 Å². The van der Waals surface area contributed by atoms with Gasteiger partial charge < -0.3 is 4.90 Å². The second-order valence-electron chi connectivity index (χ2n) is 7.02. The number of benzene rings is 1. The van der Waals surface area contributed by atoms with E-state index in [1.165, 1.54) is 22.2 Å². The highest BCUT2D eigenvalue weighted by Gasteiger charge is 2.40. The summed E-state index contributed by atoms with van der Waals surface area (Å²) in [7, 11) is -3.58. The predicted octanol–water partition coefficient (Wildman–Crippen LogP) is 1.62. The summed E-state index contributed by atoms with van der Waals surface area (Å²) in [5.74, 6) is -0.252. The van der Waals surface area contributed by atoms with Crippen LogP contribution in [0.4, 0.5) is 5.69 Å². The quantitative estimate of drug-likeness (QED) is 0.762. The van der Waals surface area contributed by atoms with Crippen LogP contribution < -0.4 is 4.90 Å². The number of likely N-dealkylation sites (tertiary alicyclic amines) is 1. The topological polar surface area (TPSA) is 78.0 Å². The fraction of sp³-hybridized carbons (Fsp3) is 0.579. The molecule has 0 bridgehead atoms. The fourth-order valence-electron chi connectivity index (χ4n) is 4.04. The molecule has 3 rings (SSSR count). The summed E-state index contributed by atoms with van der Waals surface area (Å²) in [6.07, 6.45) is 2.32. The monoisotopic (exact) mass is 393 g/mol. The van der Waals surface area contributed by atoms with Gasteiger partial charge in [0.25, 0.3) is 0 Å². The van der Waals surface area contributed by atoms with E-state index in [0.29, 0.717) is 25.2 Å². The van der Waals surface area contributed by atoms with Crippen molar-refractivity contribution in [3.8, 4) is 0 Å². The minimum absolute atomic E-state index is 0.0490. The van der Waals surface area contributed by atoms with E-state index in [-0.39, 0.29) is 16.7 Å². The average Bonchev–Trinajstić information content (AvgIpc) is 3.29. The van der Waals surface area contributed by atoms with Gasteiger partial charge in [-0.15, -0.1) is 0 Å². The minimum Gasteiger partial charge on any atom is -0.341 e. The van der Waals surface area contributed by atoms with Crippen LogP contribution in [0.2, 0.25) is 0 Å². The third-order valence-electron chi connectivity index (χ3n) is 5.42. The van der Waals surface area contributed by atoms with Crippen molar-refractivity contribution in [3.63, 3.8) is 0 Å². The molecule has 0 aromatic heterocycles. The maximum Gasteiger partial charge on any atom is 0.246 e. The highest BCUT2D eigenvalue weighted by Crippen LogP contribution is 2.35. The molecule has 2 aliphatic rings. The summed E-state index contributed by atoms with van der Waals surface area (Å²) in [4.78, 5) is 28.7. The van der Waals surface area contributed by atoms with Crippen molar-refractivity contribution in [2.45, 2.75) is 51.0 Å². The van der Waals surface area contributed by atoms with Gasteiger partial charge >= 0.3 is 0 Å². The number of hydrogen-bond donors (Lipinski definition) is 0. The van der Waals surface area contributed by atoms with Crippen LogP contribution in [0.25, 0.3) is 0 Å². The molecular formula is C19H27N3O4S. The Morgan fingerprint density at radius 1 is 1.15 bits per heavy atom. The number of nitrogens with zero attached hydrogens (tertiary/aromatic N) is 3. The van der Waals surface area contributed by atoms with Gasteiger partial charge in [0, 0.05) is 45.2 Å². The number of rotatable bonds is 5. The predicted molar refractivity (Wildman–Crippen MR) is 103 cm³/mol. The zero-order valence-electron chi connectivity index (χ0n) is 16.1. The molecule has 1 saturated heterocycles. The largest absolute Gasteiger partial charge is 0.341 e. The van der Waals surface area contributed by atoms with Gasteiger partial charge in [-0.2, -0.15) is 4.31 Å². The lowest BCUT2D eigenvalue weighted by Gasteiger charge is -2.27. The molecule has 7 nitrogen and oxygen atoms in total. The van der Waals surface area contributed by atoms with Gasteiger partial charge in [0.1, 0.15) is 6.04 Å². The number of hydrogen-bond acceptors (Lipinski definition) is 4. The number of sulfonamides is 1. The second kappa shape index (κ2) is 7.59. The first-order valence-electron chi connectivity index (χ1n) is 9.52. The summed E-state index contributed by atoms with van der Waals surface area (Å²) < 4.78 is 27.0. The van der Waals surface area contributed by atoms with Crippen molar-refractivity contribution in [2.24, 2.45) is 0 Å². The Hall–Kier alpha value is -1.93. The van der Waals surface area contributed by atoms with Crippen LogP contribution >= 0.6 is 0 Å². The van der Waals surface area contributed by atoms with Crippen molar-refractivity contribution >= 4 is 27.5 Å². The zero-order valence-corrected chi connectivity index (χ0v) is 17.0. The highest BCUT2D eigenvalue weighted by atomic mass is 32.2. The third kappa shape index (κ3) is 3.48. The van der Waals surface area contributed by atoms with E-state index in [4.69, 9.17) is 0 Å². The van der Waals surface area contributed by atoms with Crippen LogP contribution in [0.1, 0.15) is 39.2 Å². The molecule has 0 spiro atoms. The van der Waals surface area contributed by atoms with Crippen molar-refractivity contribution in [3.05, 3.63) is 23.8 Å². The van der Waals surface area contributed by atoms with Crippen LogP contribution in [-0.4, -0.2) is 61.7 Å². The number of amides is 2. The SMILES string of the molecule is CCN(CC)S(=O)(=O)c1ccc2c(c1)C[C@H](C(=O)N1CCCC1)N2C(C)=O. The molecule has 1 atom stereocenters. The standard InChI is InChI=1S/C19H27N3O4S/c1-4-21(5-2)27(25,26)16-8-9-17-15(12-16)13-18(22(17)14(3)23)19(24)20-10-6-7-11-20/h8-9,12,18H,4-7,10-11,13H2,1-3H3/t18-/m1/s1. The number of carbonyl (C=O) groups is 2. The van der Waals surface area contributed by atoms with Gasteiger partial charge in [-0.05, 0) is 36.6 Å². The normalized spacial score (nSPS) is 19.6. The maximum absolute atomic E-state index is 12.9.